The van der Waals surface area contributed by atoms with Gasteiger partial charge in [0.25, 0.3) is 0 Å². The molecule has 1 fully saturated rings. The molecule has 19 heavy (non-hydrogen) atoms. The second-order valence-corrected chi connectivity index (χ2v) is 4.77. The molecule has 0 bridgehead atoms. The number of rotatable bonds is 2. The van der Waals surface area contributed by atoms with Gasteiger partial charge in [0.15, 0.2) is 0 Å². The van der Waals surface area contributed by atoms with Crippen molar-refractivity contribution in [1.82, 2.24) is 15.1 Å². The molecule has 1 unspecified atom stereocenters. The summed E-state index contributed by atoms with van der Waals surface area (Å²) >= 11 is 0. The van der Waals surface area contributed by atoms with Crippen molar-refractivity contribution in [3.63, 3.8) is 0 Å². The normalized spacial score (nSPS) is 19.5. The number of urea groups is 1. The molecule has 102 valence electrons. The van der Waals surface area contributed by atoms with Crippen molar-refractivity contribution in [2.24, 2.45) is 0 Å². The molecule has 0 aromatic heterocycles. The summed E-state index contributed by atoms with van der Waals surface area (Å²) in [6, 6.07) is 9.14. The van der Waals surface area contributed by atoms with Gasteiger partial charge in [0, 0.05) is 26.7 Å². The van der Waals surface area contributed by atoms with E-state index >= 15 is 0 Å². The third-order valence-corrected chi connectivity index (χ3v) is 3.42. The summed E-state index contributed by atoms with van der Waals surface area (Å²) in [6.07, 6.45) is 0. The molecule has 3 amide bonds. The van der Waals surface area contributed by atoms with E-state index in [1.165, 1.54) is 0 Å². The lowest BCUT2D eigenvalue weighted by molar-refractivity contribution is -0.137. The van der Waals surface area contributed by atoms with E-state index in [1.807, 2.05) is 30.3 Å². The quantitative estimate of drug-likeness (QED) is 0.865. The molecule has 2 rings (SSSR count). The number of nitrogens with one attached hydrogen (secondary N) is 1. The van der Waals surface area contributed by atoms with E-state index in [9.17, 15) is 9.59 Å². The van der Waals surface area contributed by atoms with Crippen molar-refractivity contribution in [1.29, 1.82) is 0 Å². The van der Waals surface area contributed by atoms with Gasteiger partial charge < -0.3 is 15.1 Å². The van der Waals surface area contributed by atoms with E-state index in [4.69, 9.17) is 0 Å². The van der Waals surface area contributed by atoms with Crippen LogP contribution in [0.25, 0.3) is 0 Å². The van der Waals surface area contributed by atoms with Crippen molar-refractivity contribution < 1.29 is 9.59 Å². The molecule has 0 radical (unpaired) electrons. The molecule has 0 saturated carbocycles. The Morgan fingerprint density at radius 1 is 1.32 bits per heavy atom. The molecular weight excluding hydrogens is 242 g/mol. The zero-order valence-electron chi connectivity index (χ0n) is 11.3. The van der Waals surface area contributed by atoms with Gasteiger partial charge in [0.1, 0.15) is 6.04 Å². The van der Waals surface area contributed by atoms with Gasteiger partial charge in [-0.1, -0.05) is 30.3 Å². The monoisotopic (exact) mass is 261 g/mol. The highest BCUT2D eigenvalue weighted by Gasteiger charge is 2.32. The van der Waals surface area contributed by atoms with Crippen LogP contribution in [0.4, 0.5) is 4.79 Å². The fraction of sp³-hybridized carbons (Fsp3) is 0.429. The Bertz CT molecular complexity index is 461. The topological polar surface area (TPSA) is 52.7 Å². The van der Waals surface area contributed by atoms with Gasteiger partial charge in [-0.25, -0.2) is 4.79 Å². The number of carbonyl (C=O) groups excluding carboxylic acids is 2. The molecule has 1 aromatic carbocycles. The first kappa shape index (κ1) is 13.4. The third-order valence-electron chi connectivity index (χ3n) is 3.42. The summed E-state index contributed by atoms with van der Waals surface area (Å²) < 4.78 is 0. The van der Waals surface area contributed by atoms with Gasteiger partial charge in [0.05, 0.1) is 0 Å². The highest BCUT2D eigenvalue weighted by atomic mass is 16.2. The zero-order valence-corrected chi connectivity index (χ0v) is 11.3. The average molecular weight is 261 g/mol. The van der Waals surface area contributed by atoms with Crippen molar-refractivity contribution >= 4 is 11.9 Å². The van der Waals surface area contributed by atoms with Crippen molar-refractivity contribution in [3.8, 4) is 0 Å². The lowest BCUT2D eigenvalue weighted by Crippen LogP contribution is -2.58. The van der Waals surface area contributed by atoms with Crippen LogP contribution in [0.5, 0.6) is 0 Å². The van der Waals surface area contributed by atoms with E-state index in [-0.39, 0.29) is 11.9 Å². The lowest BCUT2D eigenvalue weighted by atomic mass is 10.2. The van der Waals surface area contributed by atoms with Gasteiger partial charge in [0.2, 0.25) is 5.91 Å². The number of piperazine rings is 1. The Kier molecular flexibility index (Phi) is 4.04. The molecular formula is C14H19N3O2. The Hall–Kier alpha value is -2.04. The number of hydrogen-bond donors (Lipinski definition) is 1. The average Bonchev–Trinajstić information content (AvgIpc) is 2.43. The van der Waals surface area contributed by atoms with Gasteiger partial charge in [-0.3, -0.25) is 4.79 Å². The first-order valence-corrected chi connectivity index (χ1v) is 6.43. The highest BCUT2D eigenvalue weighted by Crippen LogP contribution is 2.10. The second kappa shape index (κ2) is 5.73. The maximum Gasteiger partial charge on any atom is 0.318 e. The Morgan fingerprint density at radius 2 is 2.00 bits per heavy atom. The van der Waals surface area contributed by atoms with Crippen LogP contribution in [0.1, 0.15) is 12.5 Å². The van der Waals surface area contributed by atoms with E-state index in [2.05, 4.69) is 5.32 Å². The van der Waals surface area contributed by atoms with E-state index in [1.54, 1.807) is 23.8 Å². The first-order valence-electron chi connectivity index (χ1n) is 6.43. The Balaban J connectivity index is 1.91. The summed E-state index contributed by atoms with van der Waals surface area (Å²) in [5, 5.41) is 2.85. The number of amides is 3. The molecule has 1 aliphatic rings. The van der Waals surface area contributed by atoms with Crippen LogP contribution in [-0.2, 0) is 11.3 Å². The fourth-order valence-corrected chi connectivity index (χ4v) is 2.17. The molecule has 0 aliphatic carbocycles. The third kappa shape index (κ3) is 3.05. The minimum atomic E-state index is -0.394. The molecule has 5 nitrogen and oxygen atoms in total. The number of nitrogens with zero attached hydrogens (tertiary/aromatic N) is 2. The van der Waals surface area contributed by atoms with E-state index in [0.717, 1.165) is 5.56 Å². The zero-order chi connectivity index (χ0) is 13.8. The van der Waals surface area contributed by atoms with Crippen LogP contribution in [0.15, 0.2) is 30.3 Å². The molecule has 1 heterocycles. The molecule has 1 atom stereocenters. The van der Waals surface area contributed by atoms with Crippen molar-refractivity contribution in [3.05, 3.63) is 35.9 Å². The van der Waals surface area contributed by atoms with E-state index < -0.39 is 6.04 Å². The van der Waals surface area contributed by atoms with Gasteiger partial charge in [-0.05, 0) is 12.5 Å². The van der Waals surface area contributed by atoms with Crippen LogP contribution < -0.4 is 5.32 Å². The summed E-state index contributed by atoms with van der Waals surface area (Å²) in [5.74, 6) is -0.0129. The molecule has 1 N–H and O–H groups in total. The van der Waals surface area contributed by atoms with Gasteiger partial charge in [-0.15, -0.1) is 0 Å². The predicted octanol–water partition coefficient (Wildman–Crippen LogP) is 1.06. The summed E-state index contributed by atoms with van der Waals surface area (Å²) in [6.45, 7) is 3.40. The van der Waals surface area contributed by atoms with Crippen LogP contribution >= 0.6 is 0 Å². The molecule has 5 heteroatoms. The number of likely N-dealkylation sites (N-methyl/N-ethyl adjacent to an activating group) is 1. The van der Waals surface area contributed by atoms with E-state index in [0.29, 0.717) is 19.6 Å². The number of carbonyl (C=O) groups is 2. The van der Waals surface area contributed by atoms with Crippen LogP contribution in [0.3, 0.4) is 0 Å². The highest BCUT2D eigenvalue weighted by molar-refractivity contribution is 5.87. The fourth-order valence-electron chi connectivity index (χ4n) is 2.17. The molecule has 1 aromatic rings. The van der Waals surface area contributed by atoms with Gasteiger partial charge in [-0.2, -0.15) is 0 Å². The largest absolute Gasteiger partial charge is 0.342 e. The van der Waals surface area contributed by atoms with Crippen LogP contribution in [0.2, 0.25) is 0 Å². The predicted molar refractivity (Wildman–Crippen MR) is 72.5 cm³/mol. The number of benzene rings is 1. The minimum absolute atomic E-state index is 0.0129. The molecule has 1 aliphatic heterocycles. The smallest absolute Gasteiger partial charge is 0.318 e. The van der Waals surface area contributed by atoms with Crippen molar-refractivity contribution in [2.45, 2.75) is 19.5 Å². The Labute approximate surface area is 113 Å². The van der Waals surface area contributed by atoms with Crippen molar-refractivity contribution in [2.75, 3.05) is 20.1 Å². The standard InChI is InChI=1S/C14H19N3O2/c1-11-13(18)16(2)8-9-17(11)14(19)15-10-12-6-4-3-5-7-12/h3-7,11H,8-10H2,1-2H3,(H,15,19). The molecule has 1 saturated heterocycles. The minimum Gasteiger partial charge on any atom is -0.342 e. The lowest BCUT2D eigenvalue weighted by Gasteiger charge is -2.37. The Morgan fingerprint density at radius 3 is 2.68 bits per heavy atom. The summed E-state index contributed by atoms with van der Waals surface area (Å²) in [4.78, 5) is 27.1. The van der Waals surface area contributed by atoms with Crippen LogP contribution in [0, 0.1) is 0 Å². The summed E-state index contributed by atoms with van der Waals surface area (Å²) in [7, 11) is 1.76. The molecule has 0 spiro atoms. The maximum absolute atomic E-state index is 12.1. The first-order chi connectivity index (χ1) is 9.09. The maximum atomic E-state index is 12.1. The van der Waals surface area contributed by atoms with Gasteiger partial charge >= 0.3 is 6.03 Å². The number of hydrogen-bond acceptors (Lipinski definition) is 2. The SMILES string of the molecule is CC1C(=O)N(C)CCN1C(=O)NCc1ccccc1. The van der Waals surface area contributed by atoms with Crippen LogP contribution in [-0.4, -0.2) is 47.9 Å². The summed E-state index contributed by atoms with van der Waals surface area (Å²) in [5.41, 5.74) is 1.05. The second-order valence-electron chi connectivity index (χ2n) is 4.77.